The summed E-state index contributed by atoms with van der Waals surface area (Å²) in [6, 6.07) is 18.2. The molecule has 0 fully saturated rings. The number of hydrogen-bond acceptors (Lipinski definition) is 8. The van der Waals surface area contributed by atoms with Crippen molar-refractivity contribution in [2.75, 3.05) is 7.05 Å². The fourth-order valence-electron chi connectivity index (χ4n) is 3.46. The van der Waals surface area contributed by atoms with E-state index < -0.39 is 22.0 Å². The molecule has 0 radical (unpaired) electrons. The highest BCUT2D eigenvalue weighted by molar-refractivity contribution is 7.91. The third-order valence-electron chi connectivity index (χ3n) is 5.34. The number of carbonyl (C=O) groups excluding carboxylic acids is 1. The molecular formula is C23H23N5O5S2. The number of phenolic OH excluding ortho intramolecular Hbond substituents is 1. The molecule has 0 bridgehead atoms. The van der Waals surface area contributed by atoms with Gasteiger partial charge in [-0.1, -0.05) is 47.7 Å². The Bertz CT molecular complexity index is 1400. The van der Waals surface area contributed by atoms with Gasteiger partial charge >= 0.3 is 0 Å². The number of amides is 1. The second-order valence-electron chi connectivity index (χ2n) is 7.80. The first-order chi connectivity index (χ1) is 16.8. The first-order valence-corrected chi connectivity index (χ1v) is 12.8. The molecule has 4 rings (SSSR count). The van der Waals surface area contributed by atoms with Crippen LogP contribution < -0.4 is 5.48 Å². The topological polar surface area (TPSA) is 138 Å². The molecule has 1 amide bonds. The van der Waals surface area contributed by atoms with Gasteiger partial charge in [-0.3, -0.25) is 10.0 Å². The van der Waals surface area contributed by atoms with Crippen molar-refractivity contribution in [3.8, 4) is 16.2 Å². The van der Waals surface area contributed by atoms with Crippen LogP contribution in [-0.2, 0) is 27.8 Å². The third kappa shape index (κ3) is 5.57. The Hall–Kier alpha value is -3.58. The Balaban J connectivity index is 1.50. The van der Waals surface area contributed by atoms with E-state index in [-0.39, 0.29) is 22.9 Å². The number of nitrogens with one attached hydrogen (secondary N) is 1. The van der Waals surface area contributed by atoms with Crippen molar-refractivity contribution in [3.05, 3.63) is 84.2 Å². The number of nitrogens with zero attached hydrogens (tertiary/aromatic N) is 4. The average Bonchev–Trinajstić information content (AvgIpc) is 3.54. The molecular weight excluding hydrogens is 490 g/mol. The molecule has 1 atom stereocenters. The maximum Gasteiger partial charge on any atom is 0.268 e. The van der Waals surface area contributed by atoms with Gasteiger partial charge in [0.2, 0.25) is 0 Å². The number of carbonyl (C=O) groups is 1. The Morgan fingerprint density at radius 1 is 1.11 bits per heavy atom. The number of hydroxylamine groups is 1. The summed E-state index contributed by atoms with van der Waals surface area (Å²) in [4.78, 5) is 13.1. The predicted molar refractivity (Wildman–Crippen MR) is 129 cm³/mol. The van der Waals surface area contributed by atoms with E-state index in [1.54, 1.807) is 29.7 Å². The van der Waals surface area contributed by atoms with Crippen LogP contribution in [0, 0.1) is 0 Å². The number of aromatic hydroxyl groups is 1. The zero-order valence-electron chi connectivity index (χ0n) is 18.6. The van der Waals surface area contributed by atoms with E-state index in [1.807, 2.05) is 30.3 Å². The van der Waals surface area contributed by atoms with Gasteiger partial charge in [0, 0.05) is 18.3 Å². The molecule has 2 aromatic heterocycles. The molecule has 0 aliphatic carbocycles. The molecule has 0 aliphatic heterocycles. The van der Waals surface area contributed by atoms with E-state index in [4.69, 9.17) is 0 Å². The van der Waals surface area contributed by atoms with Gasteiger partial charge in [0.05, 0.1) is 18.4 Å². The maximum absolute atomic E-state index is 13.1. The Morgan fingerprint density at radius 3 is 2.51 bits per heavy atom. The van der Waals surface area contributed by atoms with Gasteiger partial charge in [-0.15, -0.1) is 16.4 Å². The molecule has 4 aromatic rings. The maximum atomic E-state index is 13.1. The minimum atomic E-state index is -3.78. The summed E-state index contributed by atoms with van der Waals surface area (Å²) in [5, 5.41) is 26.6. The van der Waals surface area contributed by atoms with Crippen molar-refractivity contribution in [3.63, 3.8) is 0 Å². The lowest BCUT2D eigenvalue weighted by molar-refractivity contribution is -0.133. The lowest BCUT2D eigenvalue weighted by atomic mass is 10.1. The third-order valence-corrected chi connectivity index (χ3v) is 8.75. The number of aromatic nitrogens is 3. The minimum absolute atomic E-state index is 0.0619. The van der Waals surface area contributed by atoms with E-state index in [0.717, 1.165) is 16.0 Å². The van der Waals surface area contributed by atoms with Crippen LogP contribution in [0.4, 0.5) is 0 Å². The van der Waals surface area contributed by atoms with Gasteiger partial charge in [0.15, 0.2) is 0 Å². The summed E-state index contributed by atoms with van der Waals surface area (Å²) in [6.45, 7) is -0.0619. The molecule has 0 spiro atoms. The average molecular weight is 514 g/mol. The number of benzene rings is 2. The van der Waals surface area contributed by atoms with Gasteiger partial charge in [-0.25, -0.2) is 18.6 Å². The summed E-state index contributed by atoms with van der Waals surface area (Å²) in [5.74, 6) is -0.617. The SMILES string of the molecule is CN(Cc1cn(C(Cc2ccc(O)cc2)C(=O)NO)nn1)S(=O)(=O)c1ccc(-c2ccccc2)s1. The second-order valence-corrected chi connectivity index (χ2v) is 11.2. The van der Waals surface area contributed by atoms with Crippen LogP contribution in [0.3, 0.4) is 0 Å². The van der Waals surface area contributed by atoms with Gasteiger partial charge in [0.1, 0.15) is 16.0 Å². The van der Waals surface area contributed by atoms with Crippen LogP contribution in [0.5, 0.6) is 5.75 Å². The number of rotatable bonds is 9. The predicted octanol–water partition coefficient (Wildman–Crippen LogP) is 2.82. The Morgan fingerprint density at radius 2 is 1.83 bits per heavy atom. The molecule has 0 saturated heterocycles. The molecule has 0 saturated carbocycles. The molecule has 0 aliphatic rings. The molecule has 182 valence electrons. The molecule has 10 nitrogen and oxygen atoms in total. The summed E-state index contributed by atoms with van der Waals surface area (Å²) < 4.78 is 28.9. The highest BCUT2D eigenvalue weighted by Gasteiger charge is 2.26. The van der Waals surface area contributed by atoms with Crippen LogP contribution in [-0.4, -0.2) is 51.0 Å². The van der Waals surface area contributed by atoms with Gasteiger partial charge < -0.3 is 5.11 Å². The Labute approximate surface area is 206 Å². The fourth-order valence-corrected chi connectivity index (χ4v) is 6.12. The monoisotopic (exact) mass is 513 g/mol. The first-order valence-electron chi connectivity index (χ1n) is 10.5. The van der Waals surface area contributed by atoms with Crippen molar-refractivity contribution in [1.82, 2.24) is 24.8 Å². The molecule has 35 heavy (non-hydrogen) atoms. The van der Waals surface area contributed by atoms with Crippen LogP contribution in [0.15, 0.2) is 77.1 Å². The molecule has 1 unspecified atom stereocenters. The largest absolute Gasteiger partial charge is 0.508 e. The van der Waals surface area contributed by atoms with Crippen LogP contribution in [0.1, 0.15) is 17.3 Å². The smallest absolute Gasteiger partial charge is 0.268 e. The van der Waals surface area contributed by atoms with E-state index in [2.05, 4.69) is 10.3 Å². The van der Waals surface area contributed by atoms with Gasteiger partial charge in [-0.2, -0.15) is 4.31 Å². The molecule has 2 heterocycles. The standard InChI is InChI=1S/C23H23N5O5S2/c1-27(35(32,33)22-12-11-21(34-22)17-5-3-2-4-6-17)14-18-15-28(26-24-18)20(23(30)25-31)13-16-7-9-19(29)10-8-16/h2-12,15,20,29,31H,13-14H2,1H3,(H,25,30). The zero-order chi connectivity index (χ0) is 25.0. The summed E-state index contributed by atoms with van der Waals surface area (Å²) in [6.07, 6.45) is 1.64. The van der Waals surface area contributed by atoms with Crippen molar-refractivity contribution in [1.29, 1.82) is 0 Å². The van der Waals surface area contributed by atoms with Crippen molar-refractivity contribution >= 4 is 27.3 Å². The van der Waals surface area contributed by atoms with Crippen molar-refractivity contribution in [2.24, 2.45) is 0 Å². The fraction of sp³-hybridized carbons (Fsp3) is 0.174. The normalized spacial score (nSPS) is 12.5. The second kappa shape index (κ2) is 10.4. The van der Waals surface area contributed by atoms with E-state index in [1.165, 1.54) is 45.7 Å². The quantitative estimate of drug-likeness (QED) is 0.231. The van der Waals surface area contributed by atoms with Crippen LogP contribution in [0.25, 0.3) is 10.4 Å². The number of thiophene rings is 1. The molecule has 2 aromatic carbocycles. The van der Waals surface area contributed by atoms with Crippen molar-refractivity contribution in [2.45, 2.75) is 23.2 Å². The highest BCUT2D eigenvalue weighted by atomic mass is 32.2. The number of hydrogen-bond donors (Lipinski definition) is 3. The zero-order valence-corrected chi connectivity index (χ0v) is 20.3. The van der Waals surface area contributed by atoms with E-state index >= 15 is 0 Å². The Kier molecular flexibility index (Phi) is 7.26. The van der Waals surface area contributed by atoms with Gasteiger partial charge in [-0.05, 0) is 35.4 Å². The summed E-state index contributed by atoms with van der Waals surface area (Å²) in [5.41, 5.74) is 3.61. The van der Waals surface area contributed by atoms with Crippen LogP contribution in [0.2, 0.25) is 0 Å². The first kappa shape index (κ1) is 24.5. The minimum Gasteiger partial charge on any atom is -0.508 e. The highest BCUT2D eigenvalue weighted by Crippen LogP contribution is 2.32. The van der Waals surface area contributed by atoms with E-state index in [9.17, 15) is 23.5 Å². The number of phenols is 1. The van der Waals surface area contributed by atoms with Crippen molar-refractivity contribution < 1.29 is 23.5 Å². The van der Waals surface area contributed by atoms with E-state index in [0.29, 0.717) is 5.69 Å². The lowest BCUT2D eigenvalue weighted by Crippen LogP contribution is -2.32. The summed E-state index contributed by atoms with van der Waals surface area (Å²) >= 11 is 1.18. The lowest BCUT2D eigenvalue weighted by Gasteiger charge is -2.15. The van der Waals surface area contributed by atoms with Crippen LogP contribution >= 0.6 is 11.3 Å². The number of sulfonamides is 1. The molecule has 3 N–H and O–H groups in total. The van der Waals surface area contributed by atoms with Gasteiger partial charge in [0.25, 0.3) is 15.9 Å². The molecule has 12 heteroatoms. The summed E-state index contributed by atoms with van der Waals surface area (Å²) in [7, 11) is -2.33.